The molecule has 182 valence electrons. The van der Waals surface area contributed by atoms with E-state index in [2.05, 4.69) is 37.7 Å². The van der Waals surface area contributed by atoms with Gasteiger partial charge >= 0.3 is 6.09 Å². The van der Waals surface area contributed by atoms with Gasteiger partial charge in [-0.1, -0.05) is 13.8 Å². The minimum Gasteiger partial charge on any atom is -0.477 e. The molecule has 4 heterocycles. The molecular weight excluding hydrogens is 551 g/mol. The molecule has 1 amide bonds. The van der Waals surface area contributed by atoms with Gasteiger partial charge in [-0.2, -0.15) is 5.10 Å². The minimum atomic E-state index is -0.547. The highest BCUT2D eigenvalue weighted by Crippen LogP contribution is 2.30. The molecule has 10 nitrogen and oxygen atoms in total. The summed E-state index contributed by atoms with van der Waals surface area (Å²) >= 11 is 2.17. The molecule has 0 aromatic carbocycles. The third-order valence-electron chi connectivity index (χ3n) is 5.36. The Morgan fingerprint density at radius 1 is 1.26 bits per heavy atom. The highest BCUT2D eigenvalue weighted by Gasteiger charge is 2.37. The molecule has 0 unspecified atom stereocenters. The van der Waals surface area contributed by atoms with Gasteiger partial charge in [-0.25, -0.2) is 14.8 Å². The number of likely N-dealkylation sites (tertiary alicyclic amines) is 1. The van der Waals surface area contributed by atoms with Gasteiger partial charge in [0, 0.05) is 22.9 Å². The smallest absolute Gasteiger partial charge is 0.410 e. The summed E-state index contributed by atoms with van der Waals surface area (Å²) in [5.41, 5.74) is 1.45. The predicted octanol–water partition coefficient (Wildman–Crippen LogP) is 3.93. The largest absolute Gasteiger partial charge is 0.477 e. The van der Waals surface area contributed by atoms with Gasteiger partial charge in [0.1, 0.15) is 16.9 Å². The lowest BCUT2D eigenvalue weighted by Crippen LogP contribution is -2.52. The van der Waals surface area contributed by atoms with E-state index in [1.807, 2.05) is 45.4 Å². The van der Waals surface area contributed by atoms with Gasteiger partial charge < -0.3 is 19.4 Å². The highest BCUT2D eigenvalue weighted by atomic mass is 127. The van der Waals surface area contributed by atoms with Crippen LogP contribution in [-0.4, -0.2) is 61.0 Å². The number of aromatic amines is 1. The van der Waals surface area contributed by atoms with E-state index in [1.54, 1.807) is 11.1 Å². The number of nitrogens with one attached hydrogen (secondary N) is 1. The first kappa shape index (κ1) is 24.4. The van der Waals surface area contributed by atoms with Gasteiger partial charge in [0.2, 0.25) is 5.88 Å². The van der Waals surface area contributed by atoms with Crippen molar-refractivity contribution in [2.45, 2.75) is 59.1 Å². The molecule has 0 atom stereocenters. The Morgan fingerprint density at radius 2 is 2.00 bits per heavy atom. The Balaban J connectivity index is 1.68. The van der Waals surface area contributed by atoms with Crippen molar-refractivity contribution in [3.63, 3.8) is 0 Å². The summed E-state index contributed by atoms with van der Waals surface area (Å²) in [5.74, 6) is 0.829. The lowest BCUT2D eigenvalue weighted by Gasteiger charge is -2.40. The first-order valence-corrected chi connectivity index (χ1v) is 12.5. The van der Waals surface area contributed by atoms with E-state index in [0.717, 1.165) is 15.7 Å². The van der Waals surface area contributed by atoms with E-state index < -0.39 is 5.60 Å². The average molecular weight is 580 g/mol. The molecule has 11 heteroatoms. The molecule has 0 spiro atoms. The fourth-order valence-electron chi connectivity index (χ4n) is 3.79. The van der Waals surface area contributed by atoms with Gasteiger partial charge in [-0.15, -0.1) is 0 Å². The predicted molar refractivity (Wildman–Crippen MR) is 136 cm³/mol. The van der Waals surface area contributed by atoms with Crippen molar-refractivity contribution in [3.8, 4) is 17.3 Å². The molecule has 1 saturated heterocycles. The van der Waals surface area contributed by atoms with E-state index in [-0.39, 0.29) is 23.2 Å². The van der Waals surface area contributed by atoms with Crippen molar-refractivity contribution in [2.24, 2.45) is 0 Å². The third-order valence-corrected chi connectivity index (χ3v) is 5.95. The summed E-state index contributed by atoms with van der Waals surface area (Å²) in [4.78, 5) is 39.0. The molecule has 1 aliphatic rings. The maximum Gasteiger partial charge on any atom is 0.410 e. The zero-order chi connectivity index (χ0) is 24.6. The molecule has 0 bridgehead atoms. The number of ether oxygens (including phenoxy) is 2. The number of aromatic nitrogens is 5. The molecule has 4 rings (SSSR count). The number of amides is 1. The Bertz CT molecular complexity index is 1270. The van der Waals surface area contributed by atoms with E-state index in [0.29, 0.717) is 48.9 Å². The van der Waals surface area contributed by atoms with Crippen LogP contribution in [0.2, 0.25) is 0 Å². The monoisotopic (exact) mass is 580 g/mol. The second-order valence-electron chi connectivity index (χ2n) is 9.25. The van der Waals surface area contributed by atoms with Crippen LogP contribution in [0.15, 0.2) is 17.1 Å². The molecule has 0 saturated carbocycles. The molecule has 0 aliphatic carbocycles. The highest BCUT2D eigenvalue weighted by molar-refractivity contribution is 14.1. The summed E-state index contributed by atoms with van der Waals surface area (Å²) in [6.45, 7) is 11.0. The van der Waals surface area contributed by atoms with Crippen molar-refractivity contribution in [1.82, 2.24) is 29.6 Å². The van der Waals surface area contributed by atoms with Gasteiger partial charge in [-0.05, 0) is 62.3 Å². The minimum absolute atomic E-state index is 0.0395. The van der Waals surface area contributed by atoms with Crippen LogP contribution < -0.4 is 10.3 Å². The van der Waals surface area contributed by atoms with E-state index >= 15 is 0 Å². The number of fused-ring (bicyclic) bond motifs is 1. The van der Waals surface area contributed by atoms with Crippen LogP contribution in [0.1, 0.15) is 52.8 Å². The maximum absolute atomic E-state index is 13.0. The number of aryl methyl sites for hydroxylation is 1. The summed E-state index contributed by atoms with van der Waals surface area (Å²) in [6.07, 6.45) is 2.85. The zero-order valence-electron chi connectivity index (χ0n) is 20.0. The van der Waals surface area contributed by atoms with Crippen molar-refractivity contribution >= 4 is 39.7 Å². The van der Waals surface area contributed by atoms with Crippen molar-refractivity contribution in [1.29, 1.82) is 0 Å². The Labute approximate surface area is 211 Å². The normalized spacial score (nSPS) is 14.4. The van der Waals surface area contributed by atoms with E-state index in [9.17, 15) is 9.59 Å². The molecule has 3 aromatic rings. The third kappa shape index (κ3) is 4.89. The number of pyridine rings is 1. The van der Waals surface area contributed by atoms with Crippen LogP contribution in [0.5, 0.6) is 5.88 Å². The Kier molecular flexibility index (Phi) is 6.83. The Hall–Kier alpha value is -2.70. The number of rotatable bonds is 6. The van der Waals surface area contributed by atoms with Gasteiger partial charge in [0.05, 0.1) is 23.9 Å². The second kappa shape index (κ2) is 9.51. The Morgan fingerprint density at radius 3 is 2.65 bits per heavy atom. The van der Waals surface area contributed by atoms with Crippen molar-refractivity contribution in [2.75, 3.05) is 19.7 Å². The standard InChI is InChI=1S/C23H29IN6O4/c1-6-8-33-21-15(9-13(24)10-25-21)19-26-17-16(7-2)30(28-18(17)20(31)27-19)14-11-29(12-14)22(32)34-23(3,4)5/h9-10,14H,6-8,11-12H2,1-5H3,(H,26,27,31). The number of nitrogens with zero attached hydrogens (tertiary/aromatic N) is 5. The second-order valence-corrected chi connectivity index (χ2v) is 10.5. The molecular formula is C23H29IN6O4. The quantitative estimate of drug-likeness (QED) is 0.440. The maximum atomic E-state index is 13.0. The van der Waals surface area contributed by atoms with Crippen LogP contribution in [-0.2, 0) is 11.2 Å². The van der Waals surface area contributed by atoms with E-state index in [1.165, 1.54) is 0 Å². The SMILES string of the molecule is CCCOc1ncc(I)cc1-c1nc2c(CC)n(C3CN(C(=O)OC(C)(C)C)C3)nc2c(=O)[nH]1. The van der Waals surface area contributed by atoms with Crippen molar-refractivity contribution in [3.05, 3.63) is 31.9 Å². The molecule has 1 N–H and O–H groups in total. The topological polar surface area (TPSA) is 115 Å². The lowest BCUT2D eigenvalue weighted by atomic mass is 10.1. The number of hydrogen-bond acceptors (Lipinski definition) is 7. The summed E-state index contributed by atoms with van der Waals surface area (Å²) in [5, 5.41) is 4.58. The number of hydrogen-bond donors (Lipinski definition) is 1. The molecule has 1 aliphatic heterocycles. The van der Waals surface area contributed by atoms with Crippen LogP contribution in [0, 0.1) is 3.57 Å². The summed E-state index contributed by atoms with van der Waals surface area (Å²) in [6, 6.07) is 1.85. The molecule has 1 fully saturated rings. The van der Waals surface area contributed by atoms with Crippen LogP contribution >= 0.6 is 22.6 Å². The molecule has 34 heavy (non-hydrogen) atoms. The molecule has 3 aromatic heterocycles. The number of carbonyl (C=O) groups is 1. The summed E-state index contributed by atoms with van der Waals surface area (Å²) < 4.78 is 14.0. The molecule has 0 radical (unpaired) electrons. The first-order valence-electron chi connectivity index (χ1n) is 11.4. The van der Waals surface area contributed by atoms with Crippen molar-refractivity contribution < 1.29 is 14.3 Å². The zero-order valence-corrected chi connectivity index (χ0v) is 22.2. The number of H-pyrrole nitrogens is 1. The van der Waals surface area contributed by atoms with Gasteiger partial charge in [0.25, 0.3) is 5.56 Å². The first-order chi connectivity index (χ1) is 16.1. The van der Waals surface area contributed by atoms with Gasteiger partial charge in [0.15, 0.2) is 5.52 Å². The summed E-state index contributed by atoms with van der Waals surface area (Å²) in [7, 11) is 0. The number of halogens is 1. The lowest BCUT2D eigenvalue weighted by molar-refractivity contribution is -0.000640. The van der Waals surface area contributed by atoms with Gasteiger partial charge in [-0.3, -0.25) is 9.48 Å². The van der Waals surface area contributed by atoms with Crippen LogP contribution in [0.25, 0.3) is 22.4 Å². The van der Waals surface area contributed by atoms with Crippen LogP contribution in [0.3, 0.4) is 0 Å². The average Bonchev–Trinajstić information content (AvgIpc) is 3.09. The fourth-order valence-corrected chi connectivity index (χ4v) is 4.24. The number of carbonyl (C=O) groups excluding carboxylic acids is 1. The van der Waals surface area contributed by atoms with Crippen LogP contribution in [0.4, 0.5) is 4.79 Å². The fraction of sp³-hybridized carbons (Fsp3) is 0.522. The van der Waals surface area contributed by atoms with E-state index in [4.69, 9.17) is 14.5 Å².